The van der Waals surface area contributed by atoms with Crippen molar-refractivity contribution in [1.82, 2.24) is 14.8 Å². The number of alkyl halides is 5. The van der Waals surface area contributed by atoms with Crippen LogP contribution in [0.5, 0.6) is 0 Å². The number of rotatable bonds is 7. The number of nitrogens with two attached hydrogens (primary N) is 1. The van der Waals surface area contributed by atoms with Crippen LogP contribution >= 0.6 is 0 Å². The SMILES string of the molecule is NC(=O)c1nc(C2=CCCC=C2)n(-c2cccc(COCC(F)(F)C(F)(F)F)c2)n1. The molecule has 1 aromatic heterocycles. The Balaban J connectivity index is 1.84. The van der Waals surface area contributed by atoms with E-state index in [1.807, 2.05) is 18.2 Å². The number of allylic oxidation sites excluding steroid dienone is 4. The summed E-state index contributed by atoms with van der Waals surface area (Å²) in [5.41, 5.74) is 6.74. The Hall–Kier alpha value is -3.08. The molecule has 0 atom stereocenters. The van der Waals surface area contributed by atoms with Gasteiger partial charge >= 0.3 is 12.1 Å². The largest absolute Gasteiger partial charge is 0.455 e. The standard InChI is InChI=1S/C19H17F5N4O2/c20-18(21,19(22,23)24)11-30-10-12-5-4-8-14(9-12)28-17(13-6-2-1-3-7-13)26-16(27-28)15(25)29/h2,4-9H,1,3,10-11H2,(H2,25,29). The number of hydrogen-bond acceptors (Lipinski definition) is 4. The molecule has 1 amide bonds. The van der Waals surface area contributed by atoms with Gasteiger partial charge in [0.25, 0.3) is 5.91 Å². The third-order valence-corrected chi connectivity index (χ3v) is 4.20. The Bertz CT molecular complexity index is 995. The van der Waals surface area contributed by atoms with E-state index in [4.69, 9.17) is 5.73 Å². The highest BCUT2D eigenvalue weighted by Crippen LogP contribution is 2.35. The molecule has 1 aliphatic carbocycles. The zero-order valence-corrected chi connectivity index (χ0v) is 15.5. The van der Waals surface area contributed by atoms with Crippen LogP contribution in [0.3, 0.4) is 0 Å². The molecule has 6 nitrogen and oxygen atoms in total. The normalized spacial score (nSPS) is 14.6. The van der Waals surface area contributed by atoms with Crippen LogP contribution in [0.25, 0.3) is 11.3 Å². The molecule has 0 fully saturated rings. The van der Waals surface area contributed by atoms with Crippen LogP contribution in [0.15, 0.2) is 42.5 Å². The van der Waals surface area contributed by atoms with Crippen molar-refractivity contribution in [1.29, 1.82) is 0 Å². The number of aromatic nitrogens is 3. The molecule has 0 saturated carbocycles. The van der Waals surface area contributed by atoms with Crippen molar-refractivity contribution in [3.05, 3.63) is 59.7 Å². The molecule has 11 heteroatoms. The van der Waals surface area contributed by atoms with Gasteiger partial charge in [-0.15, -0.1) is 5.10 Å². The number of benzene rings is 1. The first-order chi connectivity index (χ1) is 14.1. The monoisotopic (exact) mass is 428 g/mol. The van der Waals surface area contributed by atoms with Gasteiger partial charge in [0.05, 0.1) is 12.3 Å². The third kappa shape index (κ3) is 4.73. The quantitative estimate of drug-likeness (QED) is 0.680. The van der Waals surface area contributed by atoms with Crippen molar-refractivity contribution in [2.45, 2.75) is 31.5 Å². The third-order valence-electron chi connectivity index (χ3n) is 4.20. The number of ether oxygens (including phenoxy) is 1. The van der Waals surface area contributed by atoms with Crippen LogP contribution in [0, 0.1) is 0 Å². The van der Waals surface area contributed by atoms with Gasteiger partial charge < -0.3 is 10.5 Å². The zero-order chi connectivity index (χ0) is 21.9. The van der Waals surface area contributed by atoms with Gasteiger partial charge in [0.2, 0.25) is 5.82 Å². The van der Waals surface area contributed by atoms with Crippen LogP contribution in [0.4, 0.5) is 22.0 Å². The van der Waals surface area contributed by atoms with Gasteiger partial charge in [-0.1, -0.05) is 30.4 Å². The van der Waals surface area contributed by atoms with Crippen LogP contribution < -0.4 is 5.73 Å². The highest BCUT2D eigenvalue weighted by Gasteiger charge is 2.57. The molecule has 1 aromatic carbocycles. The lowest BCUT2D eigenvalue weighted by Gasteiger charge is -2.19. The fourth-order valence-electron chi connectivity index (χ4n) is 2.72. The maximum atomic E-state index is 13.0. The second-order valence-electron chi connectivity index (χ2n) is 6.54. The van der Waals surface area contributed by atoms with Crippen molar-refractivity contribution in [3.63, 3.8) is 0 Å². The maximum absolute atomic E-state index is 13.0. The van der Waals surface area contributed by atoms with Crippen molar-refractivity contribution in [3.8, 4) is 5.69 Å². The number of carbonyl (C=O) groups excluding carboxylic acids is 1. The van der Waals surface area contributed by atoms with Crippen LogP contribution in [0.1, 0.15) is 34.8 Å². The number of carbonyl (C=O) groups is 1. The Morgan fingerprint density at radius 3 is 2.60 bits per heavy atom. The van der Waals surface area contributed by atoms with Gasteiger partial charge in [-0.3, -0.25) is 4.79 Å². The summed E-state index contributed by atoms with van der Waals surface area (Å²) in [7, 11) is 0. The van der Waals surface area contributed by atoms with Gasteiger partial charge in [0.1, 0.15) is 6.61 Å². The van der Waals surface area contributed by atoms with E-state index in [1.54, 1.807) is 12.1 Å². The number of halogens is 5. The summed E-state index contributed by atoms with van der Waals surface area (Å²) >= 11 is 0. The van der Waals surface area contributed by atoms with Gasteiger partial charge in [-0.25, -0.2) is 9.67 Å². The molecular weight excluding hydrogens is 411 g/mol. The summed E-state index contributed by atoms with van der Waals surface area (Å²) in [6, 6.07) is 6.16. The second kappa shape index (κ2) is 8.34. The number of hydrogen-bond donors (Lipinski definition) is 1. The number of amides is 1. The van der Waals surface area contributed by atoms with Crippen molar-refractivity contribution in [2.75, 3.05) is 6.61 Å². The smallest absolute Gasteiger partial charge is 0.370 e. The minimum atomic E-state index is -5.68. The van der Waals surface area contributed by atoms with E-state index in [0.29, 0.717) is 22.6 Å². The fraction of sp³-hybridized carbons (Fsp3) is 0.316. The molecule has 0 spiro atoms. The van der Waals surface area contributed by atoms with Crippen molar-refractivity contribution < 1.29 is 31.5 Å². The van der Waals surface area contributed by atoms with E-state index in [9.17, 15) is 26.7 Å². The summed E-state index contributed by atoms with van der Waals surface area (Å²) in [5, 5.41) is 4.09. The maximum Gasteiger partial charge on any atom is 0.455 e. The molecule has 2 N–H and O–H groups in total. The molecule has 1 heterocycles. The number of primary amides is 1. The van der Waals surface area contributed by atoms with E-state index < -0.39 is 31.2 Å². The summed E-state index contributed by atoms with van der Waals surface area (Å²) in [5.74, 6) is -5.64. The minimum absolute atomic E-state index is 0.212. The Kier molecular flexibility index (Phi) is 6.01. The summed E-state index contributed by atoms with van der Waals surface area (Å²) in [6.07, 6.45) is 1.61. The molecule has 1 aliphatic rings. The first-order valence-corrected chi connectivity index (χ1v) is 8.84. The molecule has 160 valence electrons. The highest BCUT2D eigenvalue weighted by molar-refractivity contribution is 5.89. The minimum Gasteiger partial charge on any atom is -0.370 e. The Morgan fingerprint density at radius 2 is 1.97 bits per heavy atom. The van der Waals surface area contributed by atoms with Gasteiger partial charge in [-0.2, -0.15) is 22.0 Å². The molecule has 2 aromatic rings. The molecule has 0 aliphatic heterocycles. The van der Waals surface area contributed by atoms with Crippen LogP contribution in [-0.4, -0.2) is 39.4 Å². The predicted octanol–water partition coefficient (Wildman–Crippen LogP) is 3.81. The average molecular weight is 428 g/mol. The average Bonchev–Trinajstić information content (AvgIpc) is 3.14. The molecule has 3 rings (SSSR count). The lowest BCUT2D eigenvalue weighted by Crippen LogP contribution is -2.40. The molecular formula is C19H17F5N4O2. The second-order valence-corrected chi connectivity index (χ2v) is 6.54. The topological polar surface area (TPSA) is 83.0 Å². The van der Waals surface area contributed by atoms with Crippen molar-refractivity contribution in [2.24, 2.45) is 5.73 Å². The van der Waals surface area contributed by atoms with E-state index in [0.717, 1.165) is 12.8 Å². The lowest BCUT2D eigenvalue weighted by molar-refractivity contribution is -0.297. The van der Waals surface area contributed by atoms with Gasteiger partial charge in [-0.05, 0) is 30.5 Å². The van der Waals surface area contributed by atoms with Gasteiger partial charge in [0.15, 0.2) is 5.82 Å². The highest BCUT2D eigenvalue weighted by atomic mass is 19.4. The molecule has 0 saturated heterocycles. The zero-order valence-electron chi connectivity index (χ0n) is 15.5. The molecule has 30 heavy (non-hydrogen) atoms. The van der Waals surface area contributed by atoms with E-state index >= 15 is 0 Å². The molecule has 0 unspecified atom stereocenters. The first kappa shape index (κ1) is 21.6. The predicted molar refractivity (Wildman–Crippen MR) is 96.9 cm³/mol. The van der Waals surface area contributed by atoms with Gasteiger partial charge in [0, 0.05) is 5.57 Å². The molecule has 0 bridgehead atoms. The molecule has 0 radical (unpaired) electrons. The number of nitrogens with zero attached hydrogens (tertiary/aromatic N) is 3. The van der Waals surface area contributed by atoms with Crippen LogP contribution in [0.2, 0.25) is 0 Å². The summed E-state index contributed by atoms with van der Waals surface area (Å²) in [4.78, 5) is 15.7. The van der Waals surface area contributed by atoms with E-state index in [1.165, 1.54) is 16.8 Å². The Labute approximate surface area is 167 Å². The van der Waals surface area contributed by atoms with E-state index in [2.05, 4.69) is 14.8 Å². The fourth-order valence-corrected chi connectivity index (χ4v) is 2.72. The van der Waals surface area contributed by atoms with E-state index in [-0.39, 0.29) is 5.82 Å². The Morgan fingerprint density at radius 1 is 1.20 bits per heavy atom. The van der Waals surface area contributed by atoms with Crippen molar-refractivity contribution >= 4 is 11.5 Å². The summed E-state index contributed by atoms with van der Waals surface area (Å²) in [6.45, 7) is -2.27. The summed E-state index contributed by atoms with van der Waals surface area (Å²) < 4.78 is 68.6. The first-order valence-electron chi connectivity index (χ1n) is 8.84. The lowest BCUT2D eigenvalue weighted by atomic mass is 10.1. The van der Waals surface area contributed by atoms with Crippen LogP contribution in [-0.2, 0) is 11.3 Å².